The third-order valence-corrected chi connectivity index (χ3v) is 4.67. The first-order valence-corrected chi connectivity index (χ1v) is 8.19. The number of alkyl halides is 2. The number of fused-ring (bicyclic) bond motifs is 1. The molecule has 0 amide bonds. The minimum atomic E-state index is -1.97. The number of nitrogens with zero attached hydrogens (tertiary/aromatic N) is 4. The summed E-state index contributed by atoms with van der Waals surface area (Å²) in [6.07, 6.45) is -1.44. The molecule has 0 aromatic carbocycles. The van der Waals surface area contributed by atoms with E-state index in [2.05, 4.69) is 42.9 Å². The van der Waals surface area contributed by atoms with E-state index in [1.54, 1.807) is 7.05 Å². The average molecular weight is 422 g/mol. The summed E-state index contributed by atoms with van der Waals surface area (Å²) in [6, 6.07) is 0. The van der Waals surface area contributed by atoms with Crippen LogP contribution in [0, 0.1) is 0 Å². The van der Waals surface area contributed by atoms with Gasteiger partial charge in [-0.25, -0.2) is 9.37 Å². The Labute approximate surface area is 139 Å². The van der Waals surface area contributed by atoms with Gasteiger partial charge in [0.05, 0.1) is 12.4 Å². The van der Waals surface area contributed by atoms with Gasteiger partial charge in [0.2, 0.25) is 5.95 Å². The van der Waals surface area contributed by atoms with Crippen molar-refractivity contribution in [2.45, 2.75) is 31.0 Å². The van der Waals surface area contributed by atoms with E-state index < -0.39 is 24.1 Å². The lowest BCUT2D eigenvalue weighted by Gasteiger charge is -2.24. The van der Waals surface area contributed by atoms with Crippen molar-refractivity contribution in [2.24, 2.45) is 0 Å². The van der Waals surface area contributed by atoms with Gasteiger partial charge in [-0.3, -0.25) is 4.57 Å². The van der Waals surface area contributed by atoms with Crippen molar-refractivity contribution in [3.05, 3.63) is 6.33 Å². The Bertz CT molecular complexity index is 708. The number of imidazole rings is 1. The molecule has 1 aliphatic rings. The Morgan fingerprint density at radius 1 is 1.59 bits per heavy atom. The van der Waals surface area contributed by atoms with Crippen LogP contribution in [0.2, 0.25) is 0 Å². The minimum Gasteiger partial charge on any atom is -0.387 e. The molecule has 1 aliphatic heterocycles. The summed E-state index contributed by atoms with van der Waals surface area (Å²) in [5, 5.41) is 13.0. The Balaban J connectivity index is 2.13. The van der Waals surface area contributed by atoms with E-state index in [0.717, 1.165) is 0 Å². The standard InChI is InChI=1S/C12H16FIN6O2/c1-12(13)7(21)5(3-14)22-10(12)20-4-17-6-8(16-2)18-11(15)19-9(6)20/h4-5,7,10,21H,3H2,1-2H3,(H3,15,16,18,19)/t5-,7+,10+,12+/m0/s1. The zero-order valence-corrected chi connectivity index (χ0v) is 14.2. The topological polar surface area (TPSA) is 111 Å². The number of anilines is 2. The van der Waals surface area contributed by atoms with Gasteiger partial charge in [0.15, 0.2) is 28.9 Å². The van der Waals surface area contributed by atoms with Crippen molar-refractivity contribution in [3.8, 4) is 0 Å². The molecule has 2 aromatic heterocycles. The SMILES string of the molecule is CNc1nc(N)nc2c1ncn2[C@@H]1O[C@@H](CI)[C@@H](O)[C@@]1(C)F. The molecule has 4 N–H and O–H groups in total. The Morgan fingerprint density at radius 3 is 2.91 bits per heavy atom. The van der Waals surface area contributed by atoms with Crippen LogP contribution in [0.5, 0.6) is 0 Å². The normalized spacial score (nSPS) is 31.8. The number of hydrogen-bond donors (Lipinski definition) is 3. The third-order valence-electron chi connectivity index (χ3n) is 3.80. The maximum Gasteiger partial charge on any atom is 0.224 e. The number of ether oxygens (including phenoxy) is 1. The fourth-order valence-corrected chi connectivity index (χ4v) is 3.31. The summed E-state index contributed by atoms with van der Waals surface area (Å²) < 4.78 is 22.6. The van der Waals surface area contributed by atoms with E-state index >= 15 is 0 Å². The van der Waals surface area contributed by atoms with Crippen LogP contribution in [0.3, 0.4) is 0 Å². The largest absolute Gasteiger partial charge is 0.387 e. The van der Waals surface area contributed by atoms with Crippen molar-refractivity contribution in [1.29, 1.82) is 0 Å². The molecule has 4 atom stereocenters. The molecule has 2 aromatic rings. The van der Waals surface area contributed by atoms with Gasteiger partial charge in [-0.2, -0.15) is 9.97 Å². The van der Waals surface area contributed by atoms with Gasteiger partial charge >= 0.3 is 0 Å². The zero-order valence-electron chi connectivity index (χ0n) is 12.0. The first-order chi connectivity index (χ1) is 10.4. The van der Waals surface area contributed by atoms with Crippen LogP contribution in [0.25, 0.3) is 11.2 Å². The highest BCUT2D eigenvalue weighted by Gasteiger charge is 2.54. The molecule has 1 fully saturated rings. The summed E-state index contributed by atoms with van der Waals surface area (Å²) in [5.41, 5.74) is 4.53. The fraction of sp³-hybridized carbons (Fsp3) is 0.583. The summed E-state index contributed by atoms with van der Waals surface area (Å²) in [5.74, 6) is 0.494. The van der Waals surface area contributed by atoms with Crippen molar-refractivity contribution in [3.63, 3.8) is 0 Å². The molecule has 120 valence electrons. The fourth-order valence-electron chi connectivity index (χ4n) is 2.62. The highest BCUT2D eigenvalue weighted by atomic mass is 127. The van der Waals surface area contributed by atoms with Crippen LogP contribution >= 0.6 is 22.6 Å². The zero-order chi connectivity index (χ0) is 16.1. The molecule has 1 saturated heterocycles. The number of aromatic nitrogens is 4. The number of nitrogens with two attached hydrogens (primary N) is 1. The maximum atomic E-state index is 15.0. The van der Waals surface area contributed by atoms with E-state index in [0.29, 0.717) is 21.4 Å². The molecule has 0 radical (unpaired) electrons. The molecular formula is C12H16FIN6O2. The van der Waals surface area contributed by atoms with Crippen molar-refractivity contribution >= 4 is 45.5 Å². The van der Waals surface area contributed by atoms with Crippen LogP contribution in [0.4, 0.5) is 16.2 Å². The molecule has 8 nitrogen and oxygen atoms in total. The maximum absolute atomic E-state index is 15.0. The molecule has 0 spiro atoms. The predicted molar refractivity (Wildman–Crippen MR) is 87.6 cm³/mol. The lowest BCUT2D eigenvalue weighted by molar-refractivity contribution is -0.0413. The first-order valence-electron chi connectivity index (χ1n) is 6.66. The Morgan fingerprint density at radius 2 is 2.32 bits per heavy atom. The average Bonchev–Trinajstić information content (AvgIpc) is 2.98. The number of nitrogens with one attached hydrogen (secondary N) is 1. The molecule has 22 heavy (non-hydrogen) atoms. The second-order valence-electron chi connectivity index (χ2n) is 5.28. The van der Waals surface area contributed by atoms with E-state index in [9.17, 15) is 9.50 Å². The second-order valence-corrected chi connectivity index (χ2v) is 6.16. The van der Waals surface area contributed by atoms with Crippen molar-refractivity contribution < 1.29 is 14.2 Å². The molecule has 0 aliphatic carbocycles. The van der Waals surface area contributed by atoms with Gasteiger partial charge in [-0.1, -0.05) is 22.6 Å². The second kappa shape index (κ2) is 5.42. The summed E-state index contributed by atoms with van der Waals surface area (Å²) >= 11 is 2.05. The van der Waals surface area contributed by atoms with Crippen LogP contribution in [0.1, 0.15) is 13.2 Å². The van der Waals surface area contributed by atoms with Crippen LogP contribution < -0.4 is 11.1 Å². The first kappa shape index (κ1) is 15.6. The molecule has 3 rings (SSSR count). The number of rotatable bonds is 3. The summed E-state index contributed by atoms with van der Waals surface area (Å²) in [6.45, 7) is 1.31. The monoisotopic (exact) mass is 422 g/mol. The summed E-state index contributed by atoms with van der Waals surface area (Å²) in [4.78, 5) is 12.4. The Kier molecular flexibility index (Phi) is 3.85. The number of nitrogen functional groups attached to an aromatic ring is 1. The van der Waals surface area contributed by atoms with Crippen molar-refractivity contribution in [2.75, 3.05) is 22.5 Å². The van der Waals surface area contributed by atoms with Crippen LogP contribution in [-0.4, -0.2) is 54.0 Å². The quantitative estimate of drug-likeness (QED) is 0.497. The number of aliphatic hydroxyl groups excluding tert-OH is 1. The molecule has 0 unspecified atom stereocenters. The van der Waals surface area contributed by atoms with Crippen LogP contribution in [0.15, 0.2) is 6.33 Å². The van der Waals surface area contributed by atoms with E-state index in [1.807, 2.05) is 0 Å². The Hall–Kier alpha value is -1.27. The van der Waals surface area contributed by atoms with Gasteiger partial charge in [0.25, 0.3) is 0 Å². The van der Waals surface area contributed by atoms with Gasteiger partial charge in [-0.15, -0.1) is 0 Å². The molecule has 3 heterocycles. The lowest BCUT2D eigenvalue weighted by atomic mass is 9.99. The predicted octanol–water partition coefficient (Wildman–Crippen LogP) is 0.872. The molecule has 10 heteroatoms. The van der Waals surface area contributed by atoms with E-state index in [-0.39, 0.29) is 5.95 Å². The highest BCUT2D eigenvalue weighted by molar-refractivity contribution is 14.1. The summed E-state index contributed by atoms with van der Waals surface area (Å²) in [7, 11) is 1.68. The molecule has 0 bridgehead atoms. The lowest BCUT2D eigenvalue weighted by Crippen LogP contribution is -2.40. The number of hydrogen-bond acceptors (Lipinski definition) is 7. The third kappa shape index (κ3) is 2.20. The minimum absolute atomic E-state index is 0.0446. The smallest absolute Gasteiger partial charge is 0.224 e. The molecule has 0 saturated carbocycles. The molecular weight excluding hydrogens is 406 g/mol. The van der Waals surface area contributed by atoms with Gasteiger partial charge in [0, 0.05) is 11.5 Å². The van der Waals surface area contributed by atoms with E-state index in [4.69, 9.17) is 10.5 Å². The number of halogens is 2. The number of aliphatic hydroxyl groups is 1. The van der Waals surface area contributed by atoms with E-state index in [1.165, 1.54) is 17.8 Å². The highest BCUT2D eigenvalue weighted by Crippen LogP contribution is 2.43. The van der Waals surface area contributed by atoms with Gasteiger partial charge in [-0.05, 0) is 6.92 Å². The van der Waals surface area contributed by atoms with Gasteiger partial charge < -0.3 is 20.9 Å². The van der Waals surface area contributed by atoms with Crippen molar-refractivity contribution in [1.82, 2.24) is 19.5 Å². The van der Waals surface area contributed by atoms with Gasteiger partial charge in [0.1, 0.15) is 6.10 Å². The van der Waals surface area contributed by atoms with Crippen LogP contribution in [-0.2, 0) is 4.74 Å².